The van der Waals surface area contributed by atoms with Crippen LogP contribution in [0.25, 0.3) is 0 Å². The normalized spacial score (nSPS) is 12.5. The molecule has 0 aromatic heterocycles. The summed E-state index contributed by atoms with van der Waals surface area (Å²) in [6, 6.07) is 6.46. The summed E-state index contributed by atoms with van der Waals surface area (Å²) in [4.78, 5) is 0. The van der Waals surface area contributed by atoms with Crippen LogP contribution < -0.4 is 11.3 Å². The van der Waals surface area contributed by atoms with Crippen molar-refractivity contribution < 1.29 is 0 Å². The number of hydrogen-bond acceptors (Lipinski definition) is 2. The number of allylic oxidation sites excluding steroid dienone is 1. The molecule has 0 aliphatic rings. The van der Waals surface area contributed by atoms with Crippen LogP contribution >= 0.6 is 15.9 Å². The third kappa shape index (κ3) is 3.74. The maximum absolute atomic E-state index is 5.62. The monoisotopic (exact) mass is 282 g/mol. The second kappa shape index (κ2) is 6.18. The van der Waals surface area contributed by atoms with Gasteiger partial charge in [-0.15, -0.1) is 6.58 Å². The molecule has 0 saturated heterocycles. The molecule has 88 valence electrons. The third-order valence-corrected chi connectivity index (χ3v) is 3.17. The van der Waals surface area contributed by atoms with Crippen LogP contribution in [0.2, 0.25) is 0 Å². The van der Waals surface area contributed by atoms with Crippen LogP contribution in [0.4, 0.5) is 0 Å². The van der Waals surface area contributed by atoms with E-state index < -0.39 is 0 Å². The lowest BCUT2D eigenvalue weighted by molar-refractivity contribution is 0.513. The molecule has 16 heavy (non-hydrogen) atoms. The summed E-state index contributed by atoms with van der Waals surface area (Å²) < 4.78 is 1.09. The maximum atomic E-state index is 5.62. The van der Waals surface area contributed by atoms with Gasteiger partial charge in [0.2, 0.25) is 0 Å². The van der Waals surface area contributed by atoms with Crippen LogP contribution in [0.5, 0.6) is 0 Å². The van der Waals surface area contributed by atoms with E-state index in [1.54, 1.807) is 0 Å². The van der Waals surface area contributed by atoms with E-state index in [4.69, 9.17) is 5.84 Å². The number of rotatable bonds is 5. The minimum Gasteiger partial charge on any atom is -0.271 e. The zero-order valence-electron chi connectivity index (χ0n) is 9.89. The van der Waals surface area contributed by atoms with Crippen molar-refractivity contribution in [3.05, 3.63) is 46.0 Å². The fourth-order valence-electron chi connectivity index (χ4n) is 1.71. The molecule has 1 unspecified atom stereocenters. The standard InChI is InChI=1S/C13H19BrN2/c1-9(2)4-7-13(16-15)12-8-11(14)6-5-10(12)3/h5-6,8,13,16H,1,4,7,15H2,2-3H3. The smallest absolute Gasteiger partial charge is 0.0466 e. The first-order valence-corrected chi connectivity index (χ1v) is 6.20. The van der Waals surface area contributed by atoms with Gasteiger partial charge in [-0.3, -0.25) is 11.3 Å². The second-order valence-corrected chi connectivity index (χ2v) is 5.13. The van der Waals surface area contributed by atoms with Crippen LogP contribution in [0.3, 0.4) is 0 Å². The van der Waals surface area contributed by atoms with Crippen molar-refractivity contribution in [3.63, 3.8) is 0 Å². The Morgan fingerprint density at radius 1 is 1.56 bits per heavy atom. The summed E-state index contributed by atoms with van der Waals surface area (Å²) in [6.45, 7) is 8.06. The van der Waals surface area contributed by atoms with Gasteiger partial charge < -0.3 is 0 Å². The van der Waals surface area contributed by atoms with Gasteiger partial charge in [0.25, 0.3) is 0 Å². The zero-order valence-corrected chi connectivity index (χ0v) is 11.5. The minimum atomic E-state index is 0.189. The molecule has 0 amide bonds. The van der Waals surface area contributed by atoms with E-state index in [0.29, 0.717) is 0 Å². The molecule has 0 fully saturated rings. The van der Waals surface area contributed by atoms with E-state index in [9.17, 15) is 0 Å². The molecule has 2 nitrogen and oxygen atoms in total. The Kier molecular flexibility index (Phi) is 5.19. The van der Waals surface area contributed by atoms with Gasteiger partial charge in [0.1, 0.15) is 0 Å². The quantitative estimate of drug-likeness (QED) is 0.492. The SMILES string of the molecule is C=C(C)CCC(NN)c1cc(Br)ccc1C. The molecule has 0 aliphatic carbocycles. The van der Waals surface area contributed by atoms with E-state index in [1.165, 1.54) is 16.7 Å². The molecular weight excluding hydrogens is 264 g/mol. The first kappa shape index (κ1) is 13.4. The van der Waals surface area contributed by atoms with E-state index in [1.807, 2.05) is 13.0 Å². The number of nitrogens with two attached hydrogens (primary N) is 1. The van der Waals surface area contributed by atoms with Gasteiger partial charge >= 0.3 is 0 Å². The summed E-state index contributed by atoms with van der Waals surface area (Å²) in [5, 5.41) is 0. The Morgan fingerprint density at radius 2 is 2.25 bits per heavy atom. The van der Waals surface area contributed by atoms with Gasteiger partial charge in [-0.2, -0.15) is 0 Å². The lowest BCUT2D eigenvalue weighted by Crippen LogP contribution is -2.28. The van der Waals surface area contributed by atoms with Crippen molar-refractivity contribution in [1.82, 2.24) is 5.43 Å². The van der Waals surface area contributed by atoms with Crippen LogP contribution in [0.1, 0.15) is 36.9 Å². The number of aryl methyl sites for hydroxylation is 1. The van der Waals surface area contributed by atoms with Gasteiger partial charge in [0.05, 0.1) is 0 Å². The Hall–Kier alpha value is -0.640. The molecule has 0 heterocycles. The topological polar surface area (TPSA) is 38.0 Å². The highest BCUT2D eigenvalue weighted by Gasteiger charge is 2.12. The first-order chi connectivity index (χ1) is 7.54. The van der Waals surface area contributed by atoms with Crippen molar-refractivity contribution in [2.75, 3.05) is 0 Å². The van der Waals surface area contributed by atoms with Crippen LogP contribution in [0.15, 0.2) is 34.8 Å². The van der Waals surface area contributed by atoms with E-state index in [-0.39, 0.29) is 6.04 Å². The lowest BCUT2D eigenvalue weighted by atomic mass is 9.97. The summed E-state index contributed by atoms with van der Waals surface area (Å²) in [7, 11) is 0. The first-order valence-electron chi connectivity index (χ1n) is 5.41. The molecule has 0 aliphatic heterocycles. The average Bonchev–Trinajstić information content (AvgIpc) is 2.23. The second-order valence-electron chi connectivity index (χ2n) is 4.22. The van der Waals surface area contributed by atoms with Gasteiger partial charge in [0, 0.05) is 10.5 Å². The van der Waals surface area contributed by atoms with Crippen molar-refractivity contribution in [3.8, 4) is 0 Å². The predicted molar refractivity (Wildman–Crippen MR) is 73.0 cm³/mol. The molecule has 0 spiro atoms. The van der Waals surface area contributed by atoms with Crippen molar-refractivity contribution in [2.24, 2.45) is 5.84 Å². The molecule has 1 aromatic carbocycles. The summed E-state index contributed by atoms with van der Waals surface area (Å²) >= 11 is 3.49. The van der Waals surface area contributed by atoms with E-state index in [2.05, 4.69) is 47.0 Å². The molecule has 0 radical (unpaired) electrons. The lowest BCUT2D eigenvalue weighted by Gasteiger charge is -2.19. The summed E-state index contributed by atoms with van der Waals surface area (Å²) in [5.74, 6) is 5.62. The molecular formula is C13H19BrN2. The highest BCUT2D eigenvalue weighted by Crippen LogP contribution is 2.25. The van der Waals surface area contributed by atoms with Gasteiger partial charge in [-0.05, 0) is 49.9 Å². The van der Waals surface area contributed by atoms with E-state index in [0.717, 1.165) is 17.3 Å². The van der Waals surface area contributed by atoms with Crippen molar-refractivity contribution in [2.45, 2.75) is 32.7 Å². The average molecular weight is 283 g/mol. The summed E-state index contributed by atoms with van der Waals surface area (Å²) in [5.41, 5.74) is 6.57. The molecule has 0 saturated carbocycles. The summed E-state index contributed by atoms with van der Waals surface area (Å²) in [6.07, 6.45) is 1.96. The Morgan fingerprint density at radius 3 is 2.81 bits per heavy atom. The van der Waals surface area contributed by atoms with Crippen molar-refractivity contribution >= 4 is 15.9 Å². The van der Waals surface area contributed by atoms with Crippen LogP contribution in [0, 0.1) is 6.92 Å². The molecule has 0 bridgehead atoms. The molecule has 3 heteroatoms. The Labute approximate surface area is 106 Å². The predicted octanol–water partition coefficient (Wildman–Crippen LogP) is 3.62. The fourth-order valence-corrected chi connectivity index (χ4v) is 2.08. The number of nitrogens with one attached hydrogen (secondary N) is 1. The highest BCUT2D eigenvalue weighted by atomic mass is 79.9. The maximum Gasteiger partial charge on any atom is 0.0466 e. The zero-order chi connectivity index (χ0) is 12.1. The van der Waals surface area contributed by atoms with Gasteiger partial charge in [-0.25, -0.2) is 0 Å². The number of benzene rings is 1. The van der Waals surface area contributed by atoms with Crippen LogP contribution in [-0.4, -0.2) is 0 Å². The molecule has 3 N–H and O–H groups in total. The van der Waals surface area contributed by atoms with E-state index >= 15 is 0 Å². The Bertz CT molecular complexity index is 374. The fraction of sp³-hybridized carbons (Fsp3) is 0.385. The molecule has 1 rings (SSSR count). The highest BCUT2D eigenvalue weighted by molar-refractivity contribution is 9.10. The third-order valence-electron chi connectivity index (χ3n) is 2.68. The molecule has 1 aromatic rings. The van der Waals surface area contributed by atoms with Gasteiger partial charge in [0.15, 0.2) is 0 Å². The largest absolute Gasteiger partial charge is 0.271 e. The molecule has 1 atom stereocenters. The number of hydrogen-bond donors (Lipinski definition) is 2. The Balaban J connectivity index is 2.85. The number of hydrazine groups is 1. The van der Waals surface area contributed by atoms with Crippen molar-refractivity contribution in [1.29, 1.82) is 0 Å². The number of halogens is 1. The van der Waals surface area contributed by atoms with Crippen LogP contribution in [-0.2, 0) is 0 Å². The van der Waals surface area contributed by atoms with Gasteiger partial charge in [-0.1, -0.05) is 27.6 Å². The minimum absolute atomic E-state index is 0.189.